The minimum atomic E-state index is -0.0980. The van der Waals surface area contributed by atoms with Crippen molar-refractivity contribution in [2.45, 2.75) is 12.2 Å². The highest BCUT2D eigenvalue weighted by molar-refractivity contribution is 14.1. The molecule has 0 spiro atoms. The zero-order chi connectivity index (χ0) is 7.40. The van der Waals surface area contributed by atoms with Gasteiger partial charge in [-0.25, -0.2) is 0 Å². The minimum Gasteiger partial charge on any atom is -0.394 e. The fourth-order valence-corrected chi connectivity index (χ4v) is 1.29. The average Bonchev–Trinajstić information content (AvgIpc) is 2.05. The van der Waals surface area contributed by atoms with Crippen molar-refractivity contribution in [2.24, 2.45) is 0 Å². The van der Waals surface area contributed by atoms with E-state index in [0.29, 0.717) is 13.2 Å². The molecule has 1 aliphatic rings. The van der Waals surface area contributed by atoms with Gasteiger partial charge in [-0.1, -0.05) is 22.6 Å². The molecule has 60 valence electrons. The van der Waals surface area contributed by atoms with Crippen molar-refractivity contribution in [3.05, 3.63) is 0 Å². The summed E-state index contributed by atoms with van der Waals surface area (Å²) in [7, 11) is 0. The van der Waals surface area contributed by atoms with Crippen LogP contribution in [0.3, 0.4) is 0 Å². The normalized spacial score (nSPS) is 34.2. The molecule has 1 fully saturated rings. The summed E-state index contributed by atoms with van der Waals surface area (Å²) in [5.74, 6) is 0. The monoisotopic (exact) mass is 258 g/mol. The van der Waals surface area contributed by atoms with Crippen LogP contribution in [0.15, 0.2) is 0 Å². The second-order valence-corrected chi connectivity index (χ2v) is 3.13. The molecular weight excluding hydrogens is 247 g/mol. The molecule has 1 rings (SSSR count). The van der Waals surface area contributed by atoms with E-state index in [1.807, 2.05) is 0 Å². The molecule has 0 aromatic heterocycles. The van der Waals surface area contributed by atoms with Crippen LogP contribution in [0.4, 0.5) is 0 Å². The van der Waals surface area contributed by atoms with Gasteiger partial charge in [0.25, 0.3) is 0 Å². The van der Waals surface area contributed by atoms with Crippen molar-refractivity contribution in [3.63, 3.8) is 0 Å². The van der Waals surface area contributed by atoms with Crippen molar-refractivity contribution in [2.75, 3.05) is 24.2 Å². The standard InChI is InChI=1S/C6H11IO3/c7-1-5-3-10-6(2-8)4-9-5/h5-6,8H,1-4H2/t5-,6-/m0/s1. The van der Waals surface area contributed by atoms with Crippen molar-refractivity contribution in [3.8, 4) is 0 Å². The Bertz CT molecular complexity index is 79.0. The SMILES string of the molecule is OC[C@H]1CO[C@@H](CI)CO1. The smallest absolute Gasteiger partial charge is 0.104 e. The van der Waals surface area contributed by atoms with Crippen LogP contribution < -0.4 is 0 Å². The Kier molecular flexibility index (Phi) is 3.90. The summed E-state index contributed by atoms with van der Waals surface area (Å²) in [4.78, 5) is 0. The van der Waals surface area contributed by atoms with E-state index in [4.69, 9.17) is 14.6 Å². The van der Waals surface area contributed by atoms with Crippen molar-refractivity contribution in [1.29, 1.82) is 0 Å². The number of rotatable bonds is 2. The molecule has 0 amide bonds. The van der Waals surface area contributed by atoms with Gasteiger partial charge < -0.3 is 14.6 Å². The highest BCUT2D eigenvalue weighted by Crippen LogP contribution is 2.08. The number of hydrogen-bond donors (Lipinski definition) is 1. The Balaban J connectivity index is 2.17. The lowest BCUT2D eigenvalue weighted by Crippen LogP contribution is -2.38. The molecule has 2 atom stereocenters. The quantitative estimate of drug-likeness (QED) is 0.568. The Labute approximate surface area is 73.8 Å². The summed E-state index contributed by atoms with van der Waals surface area (Å²) in [5, 5.41) is 8.64. The molecule has 0 radical (unpaired) electrons. The molecule has 4 heteroatoms. The predicted octanol–water partition coefficient (Wildman–Crippen LogP) is 0.198. The molecular formula is C6H11IO3. The molecule has 3 nitrogen and oxygen atoms in total. The molecule has 0 aliphatic carbocycles. The number of aliphatic hydroxyl groups excluding tert-OH is 1. The molecule has 0 aromatic carbocycles. The van der Waals surface area contributed by atoms with Crippen LogP contribution >= 0.6 is 22.6 Å². The first-order chi connectivity index (χ1) is 4.86. The molecule has 0 bridgehead atoms. The summed E-state index contributed by atoms with van der Waals surface area (Å²) >= 11 is 2.26. The average molecular weight is 258 g/mol. The maximum absolute atomic E-state index is 8.64. The van der Waals surface area contributed by atoms with E-state index in [9.17, 15) is 0 Å². The second kappa shape index (κ2) is 4.48. The van der Waals surface area contributed by atoms with Crippen molar-refractivity contribution < 1.29 is 14.6 Å². The van der Waals surface area contributed by atoms with Gasteiger partial charge in [0.05, 0.1) is 25.9 Å². The lowest BCUT2D eigenvalue weighted by molar-refractivity contribution is -0.136. The topological polar surface area (TPSA) is 38.7 Å². The molecule has 1 saturated heterocycles. The number of hydrogen-bond acceptors (Lipinski definition) is 3. The lowest BCUT2D eigenvalue weighted by Gasteiger charge is -2.27. The van der Waals surface area contributed by atoms with E-state index in [0.717, 1.165) is 4.43 Å². The number of alkyl halides is 1. The van der Waals surface area contributed by atoms with Gasteiger partial charge in [-0.05, 0) is 0 Å². The molecule has 10 heavy (non-hydrogen) atoms. The van der Waals surface area contributed by atoms with E-state index in [-0.39, 0.29) is 18.8 Å². The van der Waals surface area contributed by atoms with E-state index >= 15 is 0 Å². The summed E-state index contributed by atoms with van der Waals surface area (Å²) in [6.45, 7) is 1.21. The first kappa shape index (κ1) is 8.70. The number of halogens is 1. The zero-order valence-electron chi connectivity index (χ0n) is 5.62. The maximum atomic E-state index is 8.64. The highest BCUT2D eigenvalue weighted by atomic mass is 127. The van der Waals surface area contributed by atoms with Crippen LogP contribution in [0.5, 0.6) is 0 Å². The van der Waals surface area contributed by atoms with Gasteiger partial charge in [0, 0.05) is 4.43 Å². The highest BCUT2D eigenvalue weighted by Gasteiger charge is 2.19. The van der Waals surface area contributed by atoms with Gasteiger partial charge in [-0.3, -0.25) is 0 Å². The third kappa shape index (κ3) is 2.34. The van der Waals surface area contributed by atoms with Crippen molar-refractivity contribution >= 4 is 22.6 Å². The van der Waals surface area contributed by atoms with Gasteiger partial charge in [0.2, 0.25) is 0 Å². The molecule has 0 aromatic rings. The largest absolute Gasteiger partial charge is 0.394 e. The summed E-state index contributed by atoms with van der Waals surface area (Å²) in [6, 6.07) is 0. The van der Waals surface area contributed by atoms with Crippen LogP contribution in [-0.4, -0.2) is 41.6 Å². The summed E-state index contributed by atoms with van der Waals surface area (Å²) in [5.41, 5.74) is 0. The van der Waals surface area contributed by atoms with Crippen LogP contribution in [0.1, 0.15) is 0 Å². The van der Waals surface area contributed by atoms with Crippen LogP contribution in [0.2, 0.25) is 0 Å². The summed E-state index contributed by atoms with van der Waals surface area (Å²) in [6.07, 6.45) is 0.127. The third-order valence-corrected chi connectivity index (χ3v) is 2.39. The van der Waals surface area contributed by atoms with Gasteiger partial charge in [0.1, 0.15) is 6.10 Å². The van der Waals surface area contributed by atoms with E-state index in [2.05, 4.69) is 22.6 Å². The van der Waals surface area contributed by atoms with Gasteiger partial charge in [-0.2, -0.15) is 0 Å². The van der Waals surface area contributed by atoms with Crippen LogP contribution in [0, 0.1) is 0 Å². The number of aliphatic hydroxyl groups is 1. The Morgan fingerprint density at radius 3 is 2.30 bits per heavy atom. The summed E-state index contributed by atoms with van der Waals surface area (Å²) < 4.78 is 11.5. The molecule has 1 heterocycles. The van der Waals surface area contributed by atoms with Crippen LogP contribution in [-0.2, 0) is 9.47 Å². The first-order valence-electron chi connectivity index (χ1n) is 3.27. The van der Waals surface area contributed by atoms with Crippen molar-refractivity contribution in [1.82, 2.24) is 0 Å². The Morgan fingerprint density at radius 2 is 1.90 bits per heavy atom. The predicted molar refractivity (Wildman–Crippen MR) is 45.5 cm³/mol. The van der Waals surface area contributed by atoms with E-state index in [1.54, 1.807) is 0 Å². The van der Waals surface area contributed by atoms with Gasteiger partial charge in [0.15, 0.2) is 0 Å². The van der Waals surface area contributed by atoms with Crippen LogP contribution in [0.25, 0.3) is 0 Å². The fourth-order valence-electron chi connectivity index (χ4n) is 0.778. The molecule has 1 N–H and O–H groups in total. The Hall–Kier alpha value is 0.610. The lowest BCUT2D eigenvalue weighted by atomic mass is 10.3. The zero-order valence-corrected chi connectivity index (χ0v) is 7.78. The Morgan fingerprint density at radius 1 is 1.30 bits per heavy atom. The number of ether oxygens (including phenoxy) is 2. The second-order valence-electron chi connectivity index (χ2n) is 2.25. The van der Waals surface area contributed by atoms with E-state index in [1.165, 1.54) is 0 Å². The minimum absolute atomic E-state index is 0.0635. The van der Waals surface area contributed by atoms with E-state index < -0.39 is 0 Å². The first-order valence-corrected chi connectivity index (χ1v) is 4.79. The maximum Gasteiger partial charge on any atom is 0.104 e. The van der Waals surface area contributed by atoms with Gasteiger partial charge in [-0.15, -0.1) is 0 Å². The molecule has 1 aliphatic heterocycles. The molecule has 0 saturated carbocycles. The third-order valence-electron chi connectivity index (χ3n) is 1.41. The molecule has 0 unspecified atom stereocenters. The van der Waals surface area contributed by atoms with Gasteiger partial charge >= 0.3 is 0 Å². The fraction of sp³-hybridized carbons (Fsp3) is 1.00.